The summed E-state index contributed by atoms with van der Waals surface area (Å²) in [5.41, 5.74) is -0.506. The molecule has 9 atom stereocenters. The Kier molecular flexibility index (Phi) is 30.1. The van der Waals surface area contributed by atoms with Crippen LogP contribution in [0, 0.1) is 17.8 Å². The van der Waals surface area contributed by atoms with Gasteiger partial charge in [0.25, 0.3) is 17.7 Å². The molecule has 0 saturated carbocycles. The maximum atomic E-state index is 14.4. The first kappa shape index (κ1) is 68.3. The molecule has 3 heterocycles. The maximum absolute atomic E-state index is 14.4. The minimum absolute atomic E-state index is 0.0359. The van der Waals surface area contributed by atoms with E-state index in [1.54, 1.807) is 43.0 Å². The van der Waals surface area contributed by atoms with Crippen molar-refractivity contribution in [1.29, 1.82) is 0 Å². The molecule has 0 unspecified atom stereocenters. The highest BCUT2D eigenvalue weighted by Gasteiger charge is 2.48. The van der Waals surface area contributed by atoms with Gasteiger partial charge < -0.3 is 58.1 Å². The number of likely N-dealkylation sites (tertiary alicyclic amines) is 2. The van der Waals surface area contributed by atoms with E-state index in [0.29, 0.717) is 105 Å². The Morgan fingerprint density at radius 3 is 1.81 bits per heavy atom. The zero-order chi connectivity index (χ0) is 59.5. The molecular weight excluding hydrogens is 1050 g/mol. The molecule has 1 aromatic rings. The molecule has 0 radical (unpaired) electrons. The van der Waals surface area contributed by atoms with Crippen molar-refractivity contribution in [3.8, 4) is 0 Å². The van der Waals surface area contributed by atoms with E-state index in [2.05, 4.69) is 10.6 Å². The highest BCUT2D eigenvalue weighted by atomic mass is 16.6. The maximum Gasteiger partial charge on any atom is 0.326 e. The van der Waals surface area contributed by atoms with Crippen molar-refractivity contribution in [2.45, 2.75) is 135 Å². The van der Waals surface area contributed by atoms with Gasteiger partial charge in [0.15, 0.2) is 0 Å². The fourth-order valence-electron chi connectivity index (χ4n) is 10.9. The van der Waals surface area contributed by atoms with Crippen LogP contribution >= 0.6 is 0 Å². The Bertz CT molecular complexity index is 2170. The summed E-state index contributed by atoms with van der Waals surface area (Å²) in [6, 6.07) is 6.14. The molecule has 0 bridgehead atoms. The van der Waals surface area contributed by atoms with Crippen molar-refractivity contribution in [1.82, 2.24) is 30.2 Å². The first-order chi connectivity index (χ1) is 38.8. The number of imide groups is 2. The van der Waals surface area contributed by atoms with Crippen LogP contribution in [0.15, 0.2) is 42.5 Å². The van der Waals surface area contributed by atoms with Crippen LogP contribution in [-0.2, 0) is 82.7 Å². The number of ether oxygens (including phenoxy) is 8. The molecule has 3 aliphatic heterocycles. The third-order valence-corrected chi connectivity index (χ3v) is 15.5. The quantitative estimate of drug-likeness (QED) is 0.0630. The van der Waals surface area contributed by atoms with E-state index < -0.39 is 71.5 Å². The second-order valence-electron chi connectivity index (χ2n) is 21.4. The van der Waals surface area contributed by atoms with Gasteiger partial charge in [0, 0.05) is 51.9 Å². The van der Waals surface area contributed by atoms with Crippen LogP contribution in [0.2, 0.25) is 0 Å². The van der Waals surface area contributed by atoms with Gasteiger partial charge in [-0.05, 0) is 57.1 Å². The molecule has 81 heavy (non-hydrogen) atoms. The van der Waals surface area contributed by atoms with E-state index in [1.165, 1.54) is 31.3 Å². The summed E-state index contributed by atoms with van der Waals surface area (Å²) in [6.07, 6.45) is 4.05. The van der Waals surface area contributed by atoms with Gasteiger partial charge >= 0.3 is 5.97 Å². The monoisotopic (exact) mass is 1140 g/mol. The number of amides is 7. The van der Waals surface area contributed by atoms with Crippen LogP contribution in [0.25, 0.3) is 0 Å². The van der Waals surface area contributed by atoms with Crippen molar-refractivity contribution < 1.29 is 81.4 Å². The van der Waals surface area contributed by atoms with Gasteiger partial charge in [0.05, 0.1) is 129 Å². The molecular formula is C58H92N6O17. The van der Waals surface area contributed by atoms with Crippen LogP contribution in [0.4, 0.5) is 0 Å². The third kappa shape index (κ3) is 20.9. The lowest BCUT2D eigenvalue weighted by Crippen LogP contribution is -2.62. The average molecular weight is 1150 g/mol. The summed E-state index contributed by atoms with van der Waals surface area (Å²) in [4.78, 5) is 112. The highest BCUT2D eigenvalue weighted by Crippen LogP contribution is 2.32. The van der Waals surface area contributed by atoms with Gasteiger partial charge in [-0.15, -0.1) is 0 Å². The van der Waals surface area contributed by atoms with E-state index in [-0.39, 0.29) is 81.1 Å². The number of hydrogen-bond acceptors (Lipinski definition) is 17. The molecule has 0 aromatic heterocycles. The Morgan fingerprint density at radius 1 is 0.741 bits per heavy atom. The van der Waals surface area contributed by atoms with E-state index in [4.69, 9.17) is 37.9 Å². The van der Waals surface area contributed by atoms with E-state index in [9.17, 15) is 43.5 Å². The minimum atomic E-state index is -1.27. The lowest BCUT2D eigenvalue weighted by atomic mass is 9.87. The van der Waals surface area contributed by atoms with Gasteiger partial charge in [-0.25, -0.2) is 4.79 Å². The zero-order valence-electron chi connectivity index (χ0n) is 49.3. The molecule has 3 aliphatic rings. The number of aliphatic carboxylic acids is 1. The molecule has 23 nitrogen and oxygen atoms in total. The Morgan fingerprint density at radius 2 is 1.30 bits per heavy atom. The topological polar surface area (TPSA) is 268 Å². The smallest absolute Gasteiger partial charge is 0.326 e. The van der Waals surface area contributed by atoms with Crippen LogP contribution in [-0.4, -0.2) is 234 Å². The van der Waals surface area contributed by atoms with Gasteiger partial charge in [-0.3, -0.25) is 48.7 Å². The molecule has 0 aliphatic carbocycles. The second kappa shape index (κ2) is 35.7. The first-order valence-corrected chi connectivity index (χ1v) is 28.6. The Labute approximate surface area is 478 Å². The van der Waals surface area contributed by atoms with Crippen LogP contribution < -0.4 is 10.6 Å². The molecule has 1 aromatic carbocycles. The number of nitrogens with one attached hydrogen (secondary N) is 2. The number of carbonyl (C=O) groups excluding carboxylic acids is 7. The second-order valence-corrected chi connectivity index (χ2v) is 21.4. The van der Waals surface area contributed by atoms with E-state index >= 15 is 0 Å². The molecule has 23 heteroatoms. The number of benzene rings is 1. The fraction of sp³-hybridized carbons (Fsp3) is 0.724. The van der Waals surface area contributed by atoms with Gasteiger partial charge in [0.2, 0.25) is 23.6 Å². The van der Waals surface area contributed by atoms with Crippen molar-refractivity contribution in [3.05, 3.63) is 48.0 Å². The largest absolute Gasteiger partial charge is 0.480 e. The summed E-state index contributed by atoms with van der Waals surface area (Å²) in [6.45, 7) is 16.0. The van der Waals surface area contributed by atoms with Crippen molar-refractivity contribution in [3.63, 3.8) is 0 Å². The summed E-state index contributed by atoms with van der Waals surface area (Å²) < 4.78 is 45.2. The van der Waals surface area contributed by atoms with Crippen LogP contribution in [0.1, 0.15) is 92.1 Å². The van der Waals surface area contributed by atoms with Crippen LogP contribution in [0.3, 0.4) is 0 Å². The van der Waals surface area contributed by atoms with Gasteiger partial charge in [0.1, 0.15) is 11.6 Å². The third-order valence-electron chi connectivity index (χ3n) is 15.5. The molecule has 3 N–H and O–H groups in total. The van der Waals surface area contributed by atoms with Gasteiger partial charge in [-0.2, -0.15) is 0 Å². The molecule has 0 spiro atoms. The highest BCUT2D eigenvalue weighted by molar-refractivity contribution is 6.12. The lowest BCUT2D eigenvalue weighted by molar-refractivity contribution is -0.149. The van der Waals surface area contributed by atoms with Crippen LogP contribution in [0.5, 0.6) is 0 Å². The number of nitrogens with zero attached hydrogens (tertiary/aromatic N) is 4. The summed E-state index contributed by atoms with van der Waals surface area (Å²) in [5.74, 6) is -5.05. The number of hydrogen-bond donors (Lipinski definition) is 3. The number of carbonyl (C=O) groups is 8. The molecule has 456 valence electrons. The van der Waals surface area contributed by atoms with E-state index in [1.807, 2.05) is 45.7 Å². The number of carboxylic acids is 1. The fourth-order valence-corrected chi connectivity index (χ4v) is 10.9. The molecule has 2 fully saturated rings. The number of carboxylic acid groups (broad SMARTS) is 1. The predicted octanol–water partition coefficient (Wildman–Crippen LogP) is 2.66. The Balaban J connectivity index is 1.19. The SMILES string of the molecule is CC[C@H](C)[C@@H]([C@@H](CC(=O)N1CCC[C@H]1[C@H](OC)[C@@H](C)C(=O)N[C@@H](Cc1ccccc1)C(=O)O)OC)N(C)[C@H](C(=O)NC(=O)[C@]1(C)CCCN1C(=O)CCOCCOCCOCCOCCOCCOCCN1C(=O)C=CC1=O)C(C)C. The minimum Gasteiger partial charge on any atom is -0.480 e. The summed E-state index contributed by atoms with van der Waals surface area (Å²) >= 11 is 0. The van der Waals surface area contributed by atoms with Crippen molar-refractivity contribution in [2.24, 2.45) is 17.8 Å². The molecule has 2 saturated heterocycles. The zero-order valence-corrected chi connectivity index (χ0v) is 49.3. The van der Waals surface area contributed by atoms with Gasteiger partial charge in [-0.1, -0.05) is 71.4 Å². The molecule has 4 rings (SSSR count). The standard InChI is InChI=1S/C58H92N6O17/c1-10-41(4)52(46(74-8)39-50(68)62-23-14-18-45(62)53(75-9)42(5)54(69)59-44(56(71)72)38-43-16-12-11-13-17-43)61(7)51(40(2)3)55(70)60-57(73)58(6)22-15-24-64(58)49(67)21-26-76-28-30-78-32-34-80-36-37-81-35-33-79-31-29-77-27-25-63-47(65)19-20-48(63)66/h11-13,16-17,19-20,40-42,44-46,51-53H,10,14-15,18,21-39H2,1-9H3,(H,59,69)(H,71,72)(H,60,70,73)/t41-,42+,44-,45-,46+,51-,52-,53+,58-/m0/s1. The Hall–Kier alpha value is -5.24. The predicted molar refractivity (Wildman–Crippen MR) is 297 cm³/mol. The van der Waals surface area contributed by atoms with E-state index in [0.717, 1.165) is 10.5 Å². The number of likely N-dealkylation sites (N-methyl/N-ethyl adjacent to an activating group) is 1. The summed E-state index contributed by atoms with van der Waals surface area (Å²) in [5, 5.41) is 15.3. The number of methoxy groups -OCH3 is 2. The van der Waals surface area contributed by atoms with Crippen molar-refractivity contribution in [2.75, 3.05) is 120 Å². The first-order valence-electron chi connectivity index (χ1n) is 28.6. The number of rotatable bonds is 40. The lowest BCUT2D eigenvalue weighted by Gasteiger charge is -2.43. The summed E-state index contributed by atoms with van der Waals surface area (Å²) in [7, 11) is 4.83. The van der Waals surface area contributed by atoms with Crippen molar-refractivity contribution >= 4 is 47.3 Å². The normalized spacial score (nSPS) is 19.9. The average Bonchev–Trinajstić information content (AvgIpc) is 4.34. The molecule has 7 amide bonds.